The van der Waals surface area contributed by atoms with Crippen LogP contribution in [0.1, 0.15) is 39.8 Å². The molecule has 0 fully saturated rings. The van der Waals surface area contributed by atoms with E-state index in [1.54, 1.807) is 42.5 Å². The molecule has 196 valence electrons. The van der Waals surface area contributed by atoms with Gasteiger partial charge < -0.3 is 14.0 Å². The van der Waals surface area contributed by atoms with E-state index in [1.807, 2.05) is 45.0 Å². The standard InChI is InChI=1S/C29H26Cl3N3O3/c1-4-37-28-13-20(7-12-27(28)38-17-21-8-9-22(30)14-25(21)31)16-33-34-29(36)24-11-10-23(15-26(24)32)35-18(2)5-6-19(35)3/h5-16H,4,17H2,1-3H3,(H,34,36)/b33-16-. The maximum Gasteiger partial charge on any atom is 0.272 e. The van der Waals surface area contributed by atoms with Crippen LogP contribution in [0.25, 0.3) is 5.69 Å². The summed E-state index contributed by atoms with van der Waals surface area (Å²) in [6.07, 6.45) is 1.52. The highest BCUT2D eigenvalue weighted by molar-refractivity contribution is 6.35. The molecule has 0 radical (unpaired) electrons. The zero-order chi connectivity index (χ0) is 27.2. The highest BCUT2D eigenvalue weighted by Gasteiger charge is 2.13. The molecular formula is C29H26Cl3N3O3. The van der Waals surface area contributed by atoms with Gasteiger partial charge in [0.15, 0.2) is 11.5 Å². The van der Waals surface area contributed by atoms with Gasteiger partial charge in [0, 0.05) is 32.7 Å². The number of ether oxygens (including phenoxy) is 2. The summed E-state index contributed by atoms with van der Waals surface area (Å²) in [5.41, 5.74) is 7.42. The molecule has 0 saturated heterocycles. The van der Waals surface area contributed by atoms with Gasteiger partial charge in [0.05, 0.1) is 23.4 Å². The third kappa shape index (κ3) is 6.51. The first kappa shape index (κ1) is 27.6. The van der Waals surface area contributed by atoms with E-state index in [0.717, 1.165) is 22.6 Å². The van der Waals surface area contributed by atoms with Gasteiger partial charge in [-0.15, -0.1) is 0 Å². The van der Waals surface area contributed by atoms with Crippen LogP contribution in [0.3, 0.4) is 0 Å². The Morgan fingerprint density at radius 3 is 2.34 bits per heavy atom. The van der Waals surface area contributed by atoms with Crippen LogP contribution >= 0.6 is 34.8 Å². The fraction of sp³-hybridized carbons (Fsp3) is 0.172. The molecule has 0 aliphatic heterocycles. The van der Waals surface area contributed by atoms with Crippen molar-refractivity contribution in [2.45, 2.75) is 27.4 Å². The first-order chi connectivity index (χ1) is 18.3. The molecule has 4 aromatic rings. The number of aromatic nitrogens is 1. The van der Waals surface area contributed by atoms with Crippen molar-refractivity contribution in [2.24, 2.45) is 5.10 Å². The Hall–Kier alpha value is -3.45. The molecule has 4 rings (SSSR count). The van der Waals surface area contributed by atoms with Crippen LogP contribution in [0, 0.1) is 13.8 Å². The zero-order valence-corrected chi connectivity index (χ0v) is 23.4. The molecule has 0 atom stereocenters. The van der Waals surface area contributed by atoms with Gasteiger partial charge in [-0.05, 0) is 87.0 Å². The number of nitrogens with one attached hydrogen (secondary N) is 1. The number of hydrogen-bond acceptors (Lipinski definition) is 4. The van der Waals surface area contributed by atoms with Gasteiger partial charge in [-0.1, -0.05) is 40.9 Å². The average molecular weight is 571 g/mol. The number of amides is 1. The number of halogens is 3. The molecule has 1 heterocycles. The fourth-order valence-corrected chi connectivity index (χ4v) is 4.64. The van der Waals surface area contributed by atoms with Gasteiger partial charge in [-0.3, -0.25) is 4.79 Å². The molecule has 6 nitrogen and oxygen atoms in total. The van der Waals surface area contributed by atoms with E-state index in [9.17, 15) is 4.79 Å². The minimum atomic E-state index is -0.413. The quantitative estimate of drug-likeness (QED) is 0.165. The molecule has 0 unspecified atom stereocenters. The Kier molecular flexibility index (Phi) is 9.00. The van der Waals surface area contributed by atoms with E-state index in [0.29, 0.717) is 44.3 Å². The summed E-state index contributed by atoms with van der Waals surface area (Å²) in [6.45, 7) is 6.62. The predicted octanol–water partition coefficient (Wildman–Crippen LogP) is 7.80. The monoisotopic (exact) mass is 569 g/mol. The summed E-state index contributed by atoms with van der Waals surface area (Å²) >= 11 is 18.6. The Balaban J connectivity index is 1.43. The largest absolute Gasteiger partial charge is 0.490 e. The first-order valence-corrected chi connectivity index (χ1v) is 13.0. The number of nitrogens with zero attached hydrogens (tertiary/aromatic N) is 2. The van der Waals surface area contributed by atoms with Gasteiger partial charge in [0.25, 0.3) is 5.91 Å². The molecule has 0 aliphatic rings. The van der Waals surface area contributed by atoms with Crippen LogP contribution in [0.2, 0.25) is 15.1 Å². The van der Waals surface area contributed by atoms with Crippen molar-refractivity contribution in [3.63, 3.8) is 0 Å². The van der Waals surface area contributed by atoms with Crippen molar-refractivity contribution in [1.29, 1.82) is 0 Å². The van der Waals surface area contributed by atoms with Crippen LogP contribution in [0.15, 0.2) is 71.8 Å². The first-order valence-electron chi connectivity index (χ1n) is 11.9. The number of hydrogen-bond donors (Lipinski definition) is 1. The van der Waals surface area contributed by atoms with E-state index < -0.39 is 5.91 Å². The molecule has 1 amide bonds. The summed E-state index contributed by atoms with van der Waals surface area (Å²) < 4.78 is 13.7. The van der Waals surface area contributed by atoms with Crippen molar-refractivity contribution in [1.82, 2.24) is 9.99 Å². The Morgan fingerprint density at radius 2 is 1.66 bits per heavy atom. The van der Waals surface area contributed by atoms with Crippen molar-refractivity contribution in [3.05, 3.63) is 110 Å². The highest BCUT2D eigenvalue weighted by atomic mass is 35.5. The normalized spacial score (nSPS) is 11.1. The predicted molar refractivity (Wildman–Crippen MR) is 154 cm³/mol. The van der Waals surface area contributed by atoms with Crippen molar-refractivity contribution in [3.8, 4) is 17.2 Å². The summed E-state index contributed by atoms with van der Waals surface area (Å²) in [5, 5.41) is 5.51. The lowest BCUT2D eigenvalue weighted by Gasteiger charge is -2.13. The second-order valence-electron chi connectivity index (χ2n) is 8.48. The lowest BCUT2D eigenvalue weighted by molar-refractivity contribution is 0.0955. The molecule has 0 bridgehead atoms. The maximum absolute atomic E-state index is 12.7. The molecular weight excluding hydrogens is 545 g/mol. The van der Waals surface area contributed by atoms with E-state index in [4.69, 9.17) is 44.3 Å². The van der Waals surface area contributed by atoms with Crippen molar-refractivity contribution >= 4 is 46.9 Å². The van der Waals surface area contributed by atoms with Gasteiger partial charge in [-0.25, -0.2) is 5.43 Å². The Bertz CT molecular complexity index is 1480. The lowest BCUT2D eigenvalue weighted by Crippen LogP contribution is -2.18. The fourth-order valence-electron chi connectivity index (χ4n) is 3.92. The Morgan fingerprint density at radius 1 is 0.895 bits per heavy atom. The number of benzene rings is 3. The van der Waals surface area contributed by atoms with Gasteiger partial charge in [0.2, 0.25) is 0 Å². The van der Waals surface area contributed by atoms with Crippen LogP contribution < -0.4 is 14.9 Å². The summed E-state index contributed by atoms with van der Waals surface area (Å²) in [4.78, 5) is 12.7. The topological polar surface area (TPSA) is 64.8 Å². The van der Waals surface area contributed by atoms with Crippen LogP contribution in [-0.4, -0.2) is 23.3 Å². The summed E-state index contributed by atoms with van der Waals surface area (Å²) in [6, 6.07) is 20.0. The van der Waals surface area contributed by atoms with E-state index >= 15 is 0 Å². The summed E-state index contributed by atoms with van der Waals surface area (Å²) in [5.74, 6) is 0.685. The molecule has 1 aromatic heterocycles. The summed E-state index contributed by atoms with van der Waals surface area (Å²) in [7, 11) is 0. The molecule has 1 N–H and O–H groups in total. The molecule has 0 saturated carbocycles. The molecule has 0 spiro atoms. The number of hydrazone groups is 1. The zero-order valence-electron chi connectivity index (χ0n) is 21.1. The minimum absolute atomic E-state index is 0.253. The van der Waals surface area contributed by atoms with E-state index in [1.165, 1.54) is 6.21 Å². The third-order valence-corrected chi connectivity index (χ3v) is 6.67. The molecule has 0 aliphatic carbocycles. The second-order valence-corrected chi connectivity index (χ2v) is 9.73. The molecule has 3 aromatic carbocycles. The van der Waals surface area contributed by atoms with E-state index in [2.05, 4.69) is 15.1 Å². The van der Waals surface area contributed by atoms with Gasteiger partial charge in [-0.2, -0.15) is 5.10 Å². The Labute approximate surface area is 236 Å². The van der Waals surface area contributed by atoms with Crippen molar-refractivity contribution < 1.29 is 14.3 Å². The number of rotatable bonds is 9. The second kappa shape index (κ2) is 12.4. The number of carbonyl (C=O) groups is 1. The van der Waals surface area contributed by atoms with Gasteiger partial charge in [0.1, 0.15) is 6.61 Å². The maximum atomic E-state index is 12.7. The SMILES string of the molecule is CCOc1cc(/C=N\NC(=O)c2ccc(-n3c(C)ccc3C)cc2Cl)ccc1OCc1ccc(Cl)cc1Cl. The third-order valence-electron chi connectivity index (χ3n) is 5.77. The van der Waals surface area contributed by atoms with Crippen LogP contribution in [0.5, 0.6) is 11.5 Å². The number of aryl methyl sites for hydroxylation is 2. The van der Waals surface area contributed by atoms with E-state index in [-0.39, 0.29) is 6.61 Å². The van der Waals surface area contributed by atoms with Crippen molar-refractivity contribution in [2.75, 3.05) is 6.61 Å². The molecule has 9 heteroatoms. The minimum Gasteiger partial charge on any atom is -0.490 e. The number of carbonyl (C=O) groups excluding carboxylic acids is 1. The van der Waals surface area contributed by atoms with Crippen LogP contribution in [0.4, 0.5) is 0 Å². The molecule has 38 heavy (non-hydrogen) atoms. The lowest BCUT2D eigenvalue weighted by atomic mass is 10.2. The average Bonchev–Trinajstić information content (AvgIpc) is 3.22. The van der Waals surface area contributed by atoms with Crippen LogP contribution in [-0.2, 0) is 6.61 Å². The highest BCUT2D eigenvalue weighted by Crippen LogP contribution is 2.30. The smallest absolute Gasteiger partial charge is 0.272 e. The van der Waals surface area contributed by atoms with Gasteiger partial charge >= 0.3 is 0 Å².